The molecule has 0 aliphatic carbocycles. The quantitative estimate of drug-likeness (QED) is 0.619. The Kier molecular flexibility index (Phi) is 1.57. The number of carbonyl (C=O) groups excluding carboxylic acids is 2. The summed E-state index contributed by atoms with van der Waals surface area (Å²) >= 11 is 0. The Hall–Kier alpha value is -1.91. The van der Waals surface area contributed by atoms with Gasteiger partial charge in [-0.25, -0.2) is 4.39 Å². The Morgan fingerprint density at radius 1 is 1.43 bits per heavy atom. The molecule has 1 heterocycles. The lowest BCUT2D eigenvalue weighted by molar-refractivity contribution is -0.131. The van der Waals surface area contributed by atoms with E-state index in [0.717, 1.165) is 0 Å². The Morgan fingerprint density at radius 2 is 2.07 bits per heavy atom. The topological polar surface area (TPSA) is 72.2 Å². The molecule has 0 saturated carbocycles. The second-order valence-corrected chi connectivity index (χ2v) is 3.02. The molecule has 2 amide bonds. The number of nitrogens with one attached hydrogen (secondary N) is 1. The molecule has 0 fully saturated rings. The van der Waals surface area contributed by atoms with Gasteiger partial charge in [-0.15, -0.1) is 0 Å². The van der Waals surface area contributed by atoms with E-state index in [1.54, 1.807) is 6.07 Å². The van der Waals surface area contributed by atoms with Crippen LogP contribution >= 0.6 is 0 Å². The van der Waals surface area contributed by atoms with E-state index in [-0.39, 0.29) is 11.1 Å². The Bertz CT molecular complexity index is 433. The summed E-state index contributed by atoms with van der Waals surface area (Å²) in [6.45, 7) is 0. The molecule has 1 aromatic carbocycles. The fraction of sp³-hybridized carbons (Fsp3) is 0.111. The lowest BCUT2D eigenvalue weighted by Crippen LogP contribution is -2.46. The molecule has 3 N–H and O–H groups in total. The van der Waals surface area contributed by atoms with Crippen LogP contribution in [0.15, 0.2) is 24.3 Å². The third-order valence-electron chi connectivity index (χ3n) is 2.17. The van der Waals surface area contributed by atoms with Crippen molar-refractivity contribution in [2.75, 3.05) is 0 Å². The van der Waals surface area contributed by atoms with Crippen molar-refractivity contribution in [1.82, 2.24) is 5.32 Å². The summed E-state index contributed by atoms with van der Waals surface area (Å²) in [7, 11) is 0. The molecule has 0 bridgehead atoms. The van der Waals surface area contributed by atoms with Crippen LogP contribution in [0.25, 0.3) is 0 Å². The van der Waals surface area contributed by atoms with Gasteiger partial charge in [-0.05, 0) is 6.07 Å². The summed E-state index contributed by atoms with van der Waals surface area (Å²) in [5, 5.41) is 1.91. The summed E-state index contributed by atoms with van der Waals surface area (Å²) in [6.07, 6.45) is 0. The van der Waals surface area contributed by atoms with Crippen LogP contribution in [0.2, 0.25) is 0 Å². The highest BCUT2D eigenvalue weighted by atomic mass is 19.1. The Balaban J connectivity index is 2.65. The fourth-order valence-electron chi connectivity index (χ4n) is 1.47. The van der Waals surface area contributed by atoms with Gasteiger partial charge in [0.25, 0.3) is 17.6 Å². The van der Waals surface area contributed by atoms with Crippen LogP contribution in [0.4, 0.5) is 4.39 Å². The van der Waals surface area contributed by atoms with Crippen LogP contribution in [0, 0.1) is 0 Å². The van der Waals surface area contributed by atoms with Gasteiger partial charge in [-0.2, -0.15) is 0 Å². The standard InChI is InChI=1S/C9H7FN2O2/c10-9(8(11)14)6-4-2-1-3-5(6)7(13)12-9/h1-4H,(H2,11,14)(H,12,13). The van der Waals surface area contributed by atoms with Gasteiger partial charge in [0, 0.05) is 11.1 Å². The second-order valence-electron chi connectivity index (χ2n) is 3.02. The van der Waals surface area contributed by atoms with Gasteiger partial charge < -0.3 is 11.1 Å². The third-order valence-corrected chi connectivity index (χ3v) is 2.17. The zero-order valence-corrected chi connectivity index (χ0v) is 7.08. The smallest absolute Gasteiger partial charge is 0.288 e. The molecule has 1 aliphatic rings. The molecule has 2 rings (SSSR count). The molecule has 72 valence electrons. The minimum Gasteiger partial charge on any atom is -0.365 e. The van der Waals surface area contributed by atoms with Gasteiger partial charge in [0.2, 0.25) is 0 Å². The maximum absolute atomic E-state index is 13.9. The van der Waals surface area contributed by atoms with Crippen molar-refractivity contribution < 1.29 is 14.0 Å². The molecule has 5 heteroatoms. The number of alkyl halides is 1. The van der Waals surface area contributed by atoms with Gasteiger partial charge >= 0.3 is 0 Å². The molecule has 1 unspecified atom stereocenters. The number of hydrogen-bond acceptors (Lipinski definition) is 2. The van der Waals surface area contributed by atoms with Crippen molar-refractivity contribution in [2.24, 2.45) is 5.73 Å². The van der Waals surface area contributed by atoms with Crippen LogP contribution in [0.1, 0.15) is 15.9 Å². The highest BCUT2D eigenvalue weighted by Crippen LogP contribution is 2.31. The number of amides is 2. The van der Waals surface area contributed by atoms with Gasteiger partial charge in [-0.1, -0.05) is 18.2 Å². The monoisotopic (exact) mass is 194 g/mol. The summed E-state index contributed by atoms with van der Waals surface area (Å²) in [4.78, 5) is 22.1. The van der Waals surface area contributed by atoms with E-state index in [9.17, 15) is 14.0 Å². The van der Waals surface area contributed by atoms with E-state index in [0.29, 0.717) is 0 Å². The van der Waals surface area contributed by atoms with Crippen molar-refractivity contribution in [3.05, 3.63) is 35.4 Å². The fourth-order valence-corrected chi connectivity index (χ4v) is 1.47. The summed E-state index contributed by atoms with van der Waals surface area (Å²) in [5.74, 6) is -4.40. The number of primary amides is 1. The second kappa shape index (κ2) is 2.54. The molecule has 0 saturated heterocycles. The number of nitrogens with two attached hydrogens (primary N) is 1. The lowest BCUT2D eigenvalue weighted by atomic mass is 10.0. The minimum absolute atomic E-state index is 0.0162. The molecular weight excluding hydrogens is 187 g/mol. The van der Waals surface area contributed by atoms with Crippen molar-refractivity contribution in [1.29, 1.82) is 0 Å². The predicted molar refractivity (Wildman–Crippen MR) is 45.9 cm³/mol. The van der Waals surface area contributed by atoms with Crippen molar-refractivity contribution in [3.63, 3.8) is 0 Å². The maximum atomic E-state index is 13.9. The highest BCUT2D eigenvalue weighted by Gasteiger charge is 2.48. The minimum atomic E-state index is -2.56. The van der Waals surface area contributed by atoms with Gasteiger partial charge in [0.15, 0.2) is 0 Å². The molecule has 0 aromatic heterocycles. The maximum Gasteiger partial charge on any atom is 0.288 e. The SMILES string of the molecule is NC(=O)C1(F)NC(=O)c2ccccc21. The summed E-state index contributed by atoms with van der Waals surface area (Å²) < 4.78 is 13.9. The van der Waals surface area contributed by atoms with Crippen LogP contribution in [-0.4, -0.2) is 11.8 Å². The van der Waals surface area contributed by atoms with E-state index >= 15 is 0 Å². The van der Waals surface area contributed by atoms with Gasteiger partial charge in [0.05, 0.1) is 0 Å². The number of hydrogen-bond donors (Lipinski definition) is 2. The average molecular weight is 194 g/mol. The van der Waals surface area contributed by atoms with Crippen molar-refractivity contribution in [3.8, 4) is 0 Å². The first-order valence-corrected chi connectivity index (χ1v) is 3.96. The van der Waals surface area contributed by atoms with Gasteiger partial charge in [-0.3, -0.25) is 9.59 Å². The predicted octanol–water partition coefficient (Wildman–Crippen LogP) is 0.0376. The molecule has 14 heavy (non-hydrogen) atoms. The average Bonchev–Trinajstić information content (AvgIpc) is 2.42. The Morgan fingerprint density at radius 3 is 2.71 bits per heavy atom. The normalized spacial score (nSPS) is 24.2. The van der Waals surface area contributed by atoms with Crippen LogP contribution in [0.5, 0.6) is 0 Å². The van der Waals surface area contributed by atoms with Gasteiger partial charge in [0.1, 0.15) is 0 Å². The number of benzene rings is 1. The largest absolute Gasteiger partial charge is 0.365 e. The van der Waals surface area contributed by atoms with E-state index < -0.39 is 17.6 Å². The summed E-state index contributed by atoms with van der Waals surface area (Å²) in [6, 6.07) is 5.93. The molecule has 1 aromatic rings. The molecular formula is C9H7FN2O2. The first kappa shape index (κ1) is 8.68. The zero-order valence-electron chi connectivity index (χ0n) is 7.08. The molecule has 1 atom stereocenters. The molecule has 0 radical (unpaired) electrons. The Labute approximate surface area is 78.9 Å². The van der Waals surface area contributed by atoms with Crippen molar-refractivity contribution in [2.45, 2.75) is 5.79 Å². The molecule has 0 spiro atoms. The first-order chi connectivity index (χ1) is 6.55. The van der Waals surface area contributed by atoms with Crippen LogP contribution in [0.3, 0.4) is 0 Å². The lowest BCUT2D eigenvalue weighted by Gasteiger charge is -2.15. The van der Waals surface area contributed by atoms with E-state index in [1.165, 1.54) is 18.2 Å². The zero-order chi connectivity index (χ0) is 10.3. The molecule has 1 aliphatic heterocycles. The number of carbonyl (C=O) groups is 2. The third kappa shape index (κ3) is 0.921. The number of rotatable bonds is 1. The van der Waals surface area contributed by atoms with Crippen LogP contribution in [-0.2, 0) is 10.6 Å². The molecule has 4 nitrogen and oxygen atoms in total. The van der Waals surface area contributed by atoms with Crippen molar-refractivity contribution >= 4 is 11.8 Å². The first-order valence-electron chi connectivity index (χ1n) is 3.96. The number of fused-ring (bicyclic) bond motifs is 1. The highest BCUT2D eigenvalue weighted by molar-refractivity contribution is 6.05. The van der Waals surface area contributed by atoms with Crippen LogP contribution < -0.4 is 11.1 Å². The summed E-state index contributed by atoms with van der Waals surface area (Å²) in [5.41, 5.74) is 5.01. The van der Waals surface area contributed by atoms with E-state index in [2.05, 4.69) is 0 Å². The van der Waals surface area contributed by atoms with E-state index in [1.807, 2.05) is 5.32 Å². The van der Waals surface area contributed by atoms with E-state index in [4.69, 9.17) is 5.73 Å². The number of halogens is 1.